The smallest absolute Gasteiger partial charge is 0.233 e. The van der Waals surface area contributed by atoms with Crippen LogP contribution in [0.3, 0.4) is 0 Å². The predicted octanol–water partition coefficient (Wildman–Crippen LogP) is 4.70. The summed E-state index contributed by atoms with van der Waals surface area (Å²) in [4.78, 5) is 18.7. The van der Waals surface area contributed by atoms with E-state index in [1.54, 1.807) is 14.2 Å². The number of para-hydroxylation sites is 1. The molecule has 9 heteroatoms. The minimum Gasteiger partial charge on any atom is -0.497 e. The summed E-state index contributed by atoms with van der Waals surface area (Å²) in [5.74, 6) is 3.13. The minimum absolute atomic E-state index is 0.465. The average molecular weight is 484 g/mol. The molecule has 2 N–H and O–H groups in total. The first-order valence-electron chi connectivity index (χ1n) is 11.8. The Hall–Kier alpha value is -4.53. The maximum absolute atomic E-state index is 5.26. The molecule has 0 saturated carbocycles. The zero-order valence-electron chi connectivity index (χ0n) is 20.4. The normalized spacial score (nSPS) is 13.3. The second-order valence-electron chi connectivity index (χ2n) is 8.30. The lowest BCUT2D eigenvalue weighted by molar-refractivity contribution is 0.415. The van der Waals surface area contributed by atoms with E-state index >= 15 is 0 Å². The van der Waals surface area contributed by atoms with Crippen LogP contribution in [0, 0.1) is 0 Å². The second-order valence-corrected chi connectivity index (χ2v) is 8.30. The molecule has 0 unspecified atom stereocenters. The molecule has 36 heavy (non-hydrogen) atoms. The number of rotatable bonds is 8. The van der Waals surface area contributed by atoms with E-state index in [0.29, 0.717) is 17.8 Å². The van der Waals surface area contributed by atoms with Crippen LogP contribution < -0.4 is 29.9 Å². The summed E-state index contributed by atoms with van der Waals surface area (Å²) < 4.78 is 10.5. The van der Waals surface area contributed by atoms with Crippen molar-refractivity contribution in [3.05, 3.63) is 78.9 Å². The number of nitrogens with zero attached hydrogens (tertiary/aromatic N) is 5. The predicted molar refractivity (Wildman–Crippen MR) is 143 cm³/mol. The van der Waals surface area contributed by atoms with Crippen molar-refractivity contribution >= 4 is 34.9 Å². The first-order chi connectivity index (χ1) is 17.7. The van der Waals surface area contributed by atoms with Gasteiger partial charge < -0.3 is 29.9 Å². The van der Waals surface area contributed by atoms with E-state index in [1.807, 2.05) is 54.6 Å². The van der Waals surface area contributed by atoms with Gasteiger partial charge in [0, 0.05) is 43.2 Å². The Bertz CT molecular complexity index is 1190. The maximum atomic E-state index is 5.26. The number of methoxy groups -OCH3 is 2. The van der Waals surface area contributed by atoms with Gasteiger partial charge in [-0.3, -0.25) is 0 Å². The van der Waals surface area contributed by atoms with Crippen molar-refractivity contribution in [1.29, 1.82) is 0 Å². The Morgan fingerprint density at radius 1 is 0.583 bits per heavy atom. The van der Waals surface area contributed by atoms with Gasteiger partial charge in [-0.15, -0.1) is 0 Å². The number of hydrogen-bond donors (Lipinski definition) is 2. The number of aromatic nitrogens is 3. The quantitative estimate of drug-likeness (QED) is 0.370. The number of anilines is 6. The van der Waals surface area contributed by atoms with Gasteiger partial charge >= 0.3 is 0 Å². The van der Waals surface area contributed by atoms with E-state index in [2.05, 4.69) is 49.7 Å². The van der Waals surface area contributed by atoms with Crippen LogP contribution in [0.4, 0.5) is 34.9 Å². The van der Waals surface area contributed by atoms with Crippen LogP contribution in [0.25, 0.3) is 0 Å². The standard InChI is InChI=1S/C27H29N7O2/c1-35-23-12-8-20(9-13-23)28-25-30-26(29-21-10-14-24(36-2)15-11-21)32-27(31-25)34-18-16-33(17-19-34)22-6-4-3-5-7-22/h3-15H,16-19H2,1-2H3,(H2,28,29,30,31,32). The second kappa shape index (κ2) is 10.8. The largest absolute Gasteiger partial charge is 0.497 e. The lowest BCUT2D eigenvalue weighted by atomic mass is 10.2. The molecule has 1 aliphatic rings. The minimum atomic E-state index is 0.465. The monoisotopic (exact) mass is 483 g/mol. The molecular weight excluding hydrogens is 454 g/mol. The summed E-state index contributed by atoms with van der Waals surface area (Å²) in [6.45, 7) is 3.39. The Labute approximate surface area is 210 Å². The first-order valence-corrected chi connectivity index (χ1v) is 11.8. The van der Waals surface area contributed by atoms with Crippen LogP contribution in [0.15, 0.2) is 78.9 Å². The summed E-state index contributed by atoms with van der Waals surface area (Å²) in [6, 6.07) is 25.8. The molecule has 0 bridgehead atoms. The number of ether oxygens (including phenoxy) is 2. The van der Waals surface area contributed by atoms with Crippen molar-refractivity contribution in [2.45, 2.75) is 0 Å². The zero-order chi connectivity index (χ0) is 24.7. The molecule has 0 spiro atoms. The molecular formula is C27H29N7O2. The molecule has 0 amide bonds. The highest BCUT2D eigenvalue weighted by molar-refractivity contribution is 5.61. The topological polar surface area (TPSA) is 87.7 Å². The molecule has 1 fully saturated rings. The van der Waals surface area contributed by atoms with E-state index in [4.69, 9.17) is 19.4 Å². The summed E-state index contributed by atoms with van der Waals surface area (Å²) in [5.41, 5.74) is 2.95. The van der Waals surface area contributed by atoms with Crippen molar-refractivity contribution < 1.29 is 9.47 Å². The molecule has 0 aliphatic carbocycles. The highest BCUT2D eigenvalue weighted by Gasteiger charge is 2.21. The molecule has 9 nitrogen and oxygen atoms in total. The summed E-state index contributed by atoms with van der Waals surface area (Å²) in [6.07, 6.45) is 0. The highest BCUT2D eigenvalue weighted by Crippen LogP contribution is 2.24. The fourth-order valence-electron chi connectivity index (χ4n) is 4.03. The van der Waals surface area contributed by atoms with Gasteiger partial charge in [0.15, 0.2) is 0 Å². The maximum Gasteiger partial charge on any atom is 0.233 e. The number of nitrogens with one attached hydrogen (secondary N) is 2. The van der Waals surface area contributed by atoms with Crippen LogP contribution in [0.1, 0.15) is 0 Å². The van der Waals surface area contributed by atoms with Gasteiger partial charge in [-0.2, -0.15) is 15.0 Å². The van der Waals surface area contributed by atoms with E-state index in [-0.39, 0.29) is 0 Å². The van der Waals surface area contributed by atoms with Gasteiger partial charge in [0.25, 0.3) is 0 Å². The Kier molecular flexibility index (Phi) is 6.98. The van der Waals surface area contributed by atoms with E-state index in [0.717, 1.165) is 49.1 Å². The molecule has 0 atom stereocenters. The van der Waals surface area contributed by atoms with Crippen LogP contribution in [-0.2, 0) is 0 Å². The third-order valence-electron chi connectivity index (χ3n) is 6.00. The van der Waals surface area contributed by atoms with Gasteiger partial charge in [-0.1, -0.05) is 18.2 Å². The van der Waals surface area contributed by atoms with Crippen molar-refractivity contribution in [2.24, 2.45) is 0 Å². The molecule has 1 aromatic heterocycles. The third kappa shape index (κ3) is 5.57. The van der Waals surface area contributed by atoms with Crippen molar-refractivity contribution in [3.63, 3.8) is 0 Å². The van der Waals surface area contributed by atoms with Crippen LogP contribution >= 0.6 is 0 Å². The molecule has 1 aliphatic heterocycles. The number of hydrogen-bond acceptors (Lipinski definition) is 9. The summed E-state index contributed by atoms with van der Waals surface area (Å²) >= 11 is 0. The molecule has 3 aromatic carbocycles. The molecule has 5 rings (SSSR count). The van der Waals surface area contributed by atoms with Gasteiger partial charge in [0.1, 0.15) is 11.5 Å². The number of benzene rings is 3. The fraction of sp³-hybridized carbons (Fsp3) is 0.222. The van der Waals surface area contributed by atoms with E-state index in [9.17, 15) is 0 Å². The van der Waals surface area contributed by atoms with Crippen molar-refractivity contribution in [1.82, 2.24) is 15.0 Å². The molecule has 4 aromatic rings. The van der Waals surface area contributed by atoms with Crippen LogP contribution in [0.2, 0.25) is 0 Å². The Morgan fingerprint density at radius 2 is 1.06 bits per heavy atom. The average Bonchev–Trinajstić information content (AvgIpc) is 2.94. The molecule has 184 valence electrons. The Morgan fingerprint density at radius 3 is 1.53 bits per heavy atom. The lowest BCUT2D eigenvalue weighted by Gasteiger charge is -2.36. The molecule has 1 saturated heterocycles. The van der Waals surface area contributed by atoms with Gasteiger partial charge in [-0.05, 0) is 60.7 Å². The first kappa shape index (κ1) is 23.2. The van der Waals surface area contributed by atoms with Crippen molar-refractivity contribution in [3.8, 4) is 11.5 Å². The van der Waals surface area contributed by atoms with Gasteiger partial charge in [0.05, 0.1) is 14.2 Å². The SMILES string of the molecule is COc1ccc(Nc2nc(Nc3ccc(OC)cc3)nc(N3CCN(c4ccccc4)CC3)n2)cc1. The fourth-order valence-corrected chi connectivity index (χ4v) is 4.03. The van der Waals surface area contributed by atoms with Crippen molar-refractivity contribution in [2.75, 3.05) is 60.8 Å². The van der Waals surface area contributed by atoms with Crippen LogP contribution in [-0.4, -0.2) is 55.4 Å². The Balaban J connectivity index is 1.38. The van der Waals surface area contributed by atoms with Gasteiger partial charge in [-0.25, -0.2) is 0 Å². The third-order valence-corrected chi connectivity index (χ3v) is 6.00. The highest BCUT2D eigenvalue weighted by atomic mass is 16.5. The summed E-state index contributed by atoms with van der Waals surface area (Å²) in [7, 11) is 3.30. The zero-order valence-corrected chi connectivity index (χ0v) is 20.4. The van der Waals surface area contributed by atoms with Gasteiger partial charge in [0.2, 0.25) is 17.8 Å². The molecule has 0 radical (unpaired) electrons. The van der Waals surface area contributed by atoms with E-state index < -0.39 is 0 Å². The lowest BCUT2D eigenvalue weighted by Crippen LogP contribution is -2.47. The molecule has 2 heterocycles. The van der Waals surface area contributed by atoms with Crippen LogP contribution in [0.5, 0.6) is 11.5 Å². The summed E-state index contributed by atoms with van der Waals surface area (Å²) in [5, 5.41) is 6.60. The number of piperazine rings is 1. The van der Waals surface area contributed by atoms with E-state index in [1.165, 1.54) is 5.69 Å².